The number of sulfone groups is 1. The molecule has 4 rings (SSSR count). The molecule has 0 radical (unpaired) electrons. The van der Waals surface area contributed by atoms with E-state index in [1.165, 1.54) is 16.9 Å². The SMILES string of the molecule is COCCN1CCC(C(=O)NO)(S(=O)(=O)c2ccc(OCCCn3nnc(-c4ccccc4OC)n3)cc2)CC1. The molecule has 2 aromatic carbocycles. The van der Waals surface area contributed by atoms with Crippen LogP contribution in [0.1, 0.15) is 19.3 Å². The summed E-state index contributed by atoms with van der Waals surface area (Å²) in [5.74, 6) is 0.680. The van der Waals surface area contributed by atoms with Crippen LogP contribution in [0, 0.1) is 0 Å². The van der Waals surface area contributed by atoms with E-state index in [0.29, 0.717) is 63.1 Å². The maximum Gasteiger partial charge on any atom is 0.265 e. The lowest BCUT2D eigenvalue weighted by Gasteiger charge is -2.39. The molecule has 1 aromatic heterocycles. The minimum atomic E-state index is -4.10. The third kappa shape index (κ3) is 6.25. The third-order valence-electron chi connectivity index (χ3n) is 7.01. The molecule has 0 aliphatic carbocycles. The molecule has 0 atom stereocenters. The zero-order chi connectivity index (χ0) is 28.6. The summed E-state index contributed by atoms with van der Waals surface area (Å²) < 4.78 is 41.7. The number of tetrazole rings is 1. The number of methoxy groups -OCH3 is 2. The Morgan fingerprint density at radius 1 is 1.05 bits per heavy atom. The van der Waals surface area contributed by atoms with Gasteiger partial charge in [-0.25, -0.2) is 13.9 Å². The van der Waals surface area contributed by atoms with Crippen LogP contribution in [0.2, 0.25) is 0 Å². The van der Waals surface area contributed by atoms with E-state index < -0.39 is 20.5 Å². The van der Waals surface area contributed by atoms with Crippen LogP contribution in [0.25, 0.3) is 11.4 Å². The molecular formula is C26H34N6O7S. The van der Waals surface area contributed by atoms with E-state index in [9.17, 15) is 18.4 Å². The fraction of sp³-hybridized carbons (Fsp3) is 0.462. The number of benzene rings is 2. The van der Waals surface area contributed by atoms with Crippen molar-refractivity contribution in [1.29, 1.82) is 0 Å². The van der Waals surface area contributed by atoms with Crippen LogP contribution in [-0.2, 0) is 25.9 Å². The van der Waals surface area contributed by atoms with E-state index in [0.717, 1.165) is 5.56 Å². The van der Waals surface area contributed by atoms with Gasteiger partial charge in [-0.1, -0.05) is 12.1 Å². The Kier molecular flexibility index (Phi) is 9.68. The van der Waals surface area contributed by atoms with Gasteiger partial charge in [-0.15, -0.1) is 10.2 Å². The van der Waals surface area contributed by atoms with E-state index in [2.05, 4.69) is 15.4 Å². The lowest BCUT2D eigenvalue weighted by atomic mass is 9.95. The van der Waals surface area contributed by atoms with Crippen molar-refractivity contribution in [2.75, 3.05) is 47.1 Å². The maximum atomic E-state index is 13.6. The van der Waals surface area contributed by atoms with Gasteiger partial charge in [0.05, 0.1) is 37.3 Å². The zero-order valence-corrected chi connectivity index (χ0v) is 23.3. The largest absolute Gasteiger partial charge is 0.496 e. The van der Waals surface area contributed by atoms with Gasteiger partial charge in [0.15, 0.2) is 14.6 Å². The second-order valence-electron chi connectivity index (χ2n) is 9.36. The minimum Gasteiger partial charge on any atom is -0.496 e. The van der Waals surface area contributed by atoms with Crippen molar-refractivity contribution < 1.29 is 32.6 Å². The number of nitrogens with zero attached hydrogens (tertiary/aromatic N) is 5. The van der Waals surface area contributed by atoms with Crippen molar-refractivity contribution in [1.82, 2.24) is 30.6 Å². The highest BCUT2D eigenvalue weighted by atomic mass is 32.2. The quantitative estimate of drug-likeness (QED) is 0.173. The molecule has 2 heterocycles. The standard InChI is InChI=1S/C26H34N6O7S/c1-37-19-17-31-15-12-26(13-16-31,25(33)29-34)40(35,36)21-10-8-20(9-11-21)39-18-5-14-32-28-24(27-30-32)22-6-3-4-7-23(22)38-2/h3-4,6-11,34H,5,12-19H2,1-2H3,(H,29,33). The number of amides is 1. The summed E-state index contributed by atoms with van der Waals surface area (Å²) in [5, 5.41) is 21.9. The molecule has 0 bridgehead atoms. The second kappa shape index (κ2) is 13.2. The number of para-hydroxylation sites is 1. The molecule has 1 amide bonds. The van der Waals surface area contributed by atoms with Crippen LogP contribution in [-0.4, -0.2) is 96.5 Å². The van der Waals surface area contributed by atoms with Gasteiger partial charge in [0.1, 0.15) is 11.5 Å². The predicted octanol–water partition coefficient (Wildman–Crippen LogP) is 1.58. The summed E-state index contributed by atoms with van der Waals surface area (Å²) in [6.07, 6.45) is 0.693. The predicted molar refractivity (Wildman–Crippen MR) is 144 cm³/mol. The topological polar surface area (TPSA) is 158 Å². The average Bonchev–Trinajstić information content (AvgIpc) is 3.47. The molecule has 0 unspecified atom stereocenters. The summed E-state index contributed by atoms with van der Waals surface area (Å²) >= 11 is 0. The molecule has 1 saturated heterocycles. The van der Waals surface area contributed by atoms with Crippen LogP contribution in [0.15, 0.2) is 53.4 Å². The zero-order valence-electron chi connectivity index (χ0n) is 22.5. The van der Waals surface area contributed by atoms with Crippen LogP contribution < -0.4 is 15.0 Å². The molecule has 3 aromatic rings. The van der Waals surface area contributed by atoms with Crippen LogP contribution in [0.3, 0.4) is 0 Å². The second-order valence-corrected chi connectivity index (χ2v) is 11.6. The van der Waals surface area contributed by atoms with Crippen LogP contribution >= 0.6 is 0 Å². The number of carbonyl (C=O) groups excluding carboxylic acids is 1. The Morgan fingerprint density at radius 3 is 2.45 bits per heavy atom. The highest BCUT2D eigenvalue weighted by Crippen LogP contribution is 2.36. The highest BCUT2D eigenvalue weighted by molar-refractivity contribution is 7.93. The summed E-state index contributed by atoms with van der Waals surface area (Å²) in [4.78, 5) is 16.2. The Morgan fingerprint density at radius 2 is 1.77 bits per heavy atom. The van der Waals surface area contributed by atoms with Gasteiger partial charge in [-0.3, -0.25) is 10.0 Å². The fourth-order valence-corrected chi connectivity index (χ4v) is 6.65. The Labute approximate surface area is 232 Å². The van der Waals surface area contributed by atoms with Crippen molar-refractivity contribution >= 4 is 15.7 Å². The molecular weight excluding hydrogens is 540 g/mol. The van der Waals surface area contributed by atoms with E-state index in [1.54, 1.807) is 31.8 Å². The molecule has 1 aliphatic heterocycles. The number of hydrogen-bond acceptors (Lipinski definition) is 11. The van der Waals surface area contributed by atoms with Gasteiger partial charge < -0.3 is 19.1 Å². The highest BCUT2D eigenvalue weighted by Gasteiger charge is 2.52. The normalized spacial score (nSPS) is 15.5. The van der Waals surface area contributed by atoms with Crippen LogP contribution in [0.5, 0.6) is 11.5 Å². The number of hydroxylamine groups is 1. The number of likely N-dealkylation sites (tertiary alicyclic amines) is 1. The molecule has 13 nitrogen and oxygen atoms in total. The first-order chi connectivity index (χ1) is 19.3. The molecule has 2 N–H and O–H groups in total. The number of carbonyl (C=O) groups is 1. The van der Waals surface area contributed by atoms with Gasteiger partial charge in [-0.05, 0) is 54.5 Å². The number of aromatic nitrogens is 4. The Hall–Kier alpha value is -3.59. The van der Waals surface area contributed by atoms with Gasteiger partial charge in [0.25, 0.3) is 5.91 Å². The number of rotatable bonds is 13. The fourth-order valence-electron chi connectivity index (χ4n) is 4.69. The minimum absolute atomic E-state index is 0.00974. The summed E-state index contributed by atoms with van der Waals surface area (Å²) in [6, 6.07) is 13.4. The number of ether oxygens (including phenoxy) is 3. The van der Waals surface area contributed by atoms with E-state index in [1.807, 2.05) is 29.2 Å². The smallest absolute Gasteiger partial charge is 0.265 e. The van der Waals surface area contributed by atoms with Crippen LogP contribution in [0.4, 0.5) is 0 Å². The monoisotopic (exact) mass is 574 g/mol. The van der Waals surface area contributed by atoms with E-state index >= 15 is 0 Å². The number of nitrogens with one attached hydrogen (secondary N) is 1. The Balaban J connectivity index is 1.34. The summed E-state index contributed by atoms with van der Waals surface area (Å²) in [6.45, 7) is 2.72. The number of hydrogen-bond donors (Lipinski definition) is 2. The first-order valence-corrected chi connectivity index (χ1v) is 14.4. The van der Waals surface area contributed by atoms with Crippen molar-refractivity contribution in [3.8, 4) is 22.9 Å². The summed E-state index contributed by atoms with van der Waals surface area (Å²) in [5.41, 5.74) is 2.32. The first kappa shape index (κ1) is 29.4. The molecule has 0 spiro atoms. The van der Waals surface area contributed by atoms with E-state index in [-0.39, 0.29) is 17.7 Å². The van der Waals surface area contributed by atoms with Crippen molar-refractivity contribution in [3.63, 3.8) is 0 Å². The van der Waals surface area contributed by atoms with E-state index in [4.69, 9.17) is 14.2 Å². The molecule has 1 fully saturated rings. The molecule has 0 saturated carbocycles. The number of piperidine rings is 1. The average molecular weight is 575 g/mol. The van der Waals surface area contributed by atoms with Gasteiger partial charge in [-0.2, -0.15) is 4.80 Å². The Bertz CT molecular complexity index is 1370. The lowest BCUT2D eigenvalue weighted by Crippen LogP contribution is -2.57. The van der Waals surface area contributed by atoms with Crippen molar-refractivity contribution in [2.45, 2.75) is 35.4 Å². The van der Waals surface area contributed by atoms with Crippen molar-refractivity contribution in [3.05, 3.63) is 48.5 Å². The maximum absolute atomic E-state index is 13.6. The molecule has 1 aliphatic rings. The van der Waals surface area contributed by atoms with Gasteiger partial charge >= 0.3 is 0 Å². The molecule has 14 heteroatoms. The third-order valence-corrected chi connectivity index (χ3v) is 9.53. The lowest BCUT2D eigenvalue weighted by molar-refractivity contribution is -0.133. The molecule has 40 heavy (non-hydrogen) atoms. The number of aryl methyl sites for hydroxylation is 1. The van der Waals surface area contributed by atoms with Crippen molar-refractivity contribution in [2.24, 2.45) is 0 Å². The van der Waals surface area contributed by atoms with Gasteiger partial charge in [0.2, 0.25) is 5.82 Å². The summed E-state index contributed by atoms with van der Waals surface area (Å²) in [7, 11) is -0.924. The first-order valence-electron chi connectivity index (χ1n) is 12.9. The molecule has 216 valence electrons. The van der Waals surface area contributed by atoms with Gasteiger partial charge in [0, 0.05) is 33.2 Å².